The summed E-state index contributed by atoms with van der Waals surface area (Å²) < 4.78 is 0. The van der Waals surface area contributed by atoms with E-state index < -0.39 is 0 Å². The van der Waals surface area contributed by atoms with E-state index in [9.17, 15) is 4.79 Å². The largest absolute Gasteiger partial charge is 0.369 e. The molecule has 27 heavy (non-hydrogen) atoms. The van der Waals surface area contributed by atoms with Crippen LogP contribution in [0.15, 0.2) is 65.5 Å². The molecule has 6 heteroatoms. The zero-order chi connectivity index (χ0) is 18.6. The average Bonchev–Trinajstić information content (AvgIpc) is 2.69. The van der Waals surface area contributed by atoms with Gasteiger partial charge in [0.1, 0.15) is 5.82 Å². The SMILES string of the molecule is O=c1cc(CN2CCN(c3ccccc3)CC2)nc(-c2cccc(Cl)c2)[nH]1. The van der Waals surface area contributed by atoms with E-state index >= 15 is 0 Å². The number of aromatic amines is 1. The third kappa shape index (κ3) is 4.38. The molecule has 0 saturated carbocycles. The lowest BCUT2D eigenvalue weighted by atomic mass is 10.2. The van der Waals surface area contributed by atoms with Crippen LogP contribution < -0.4 is 10.5 Å². The van der Waals surface area contributed by atoms with E-state index in [1.807, 2.05) is 24.3 Å². The van der Waals surface area contributed by atoms with Gasteiger partial charge in [-0.3, -0.25) is 9.69 Å². The van der Waals surface area contributed by atoms with Crippen molar-refractivity contribution in [3.8, 4) is 11.4 Å². The van der Waals surface area contributed by atoms with Crippen LogP contribution in [0.4, 0.5) is 5.69 Å². The number of nitrogens with zero attached hydrogens (tertiary/aromatic N) is 3. The molecule has 5 nitrogen and oxygen atoms in total. The Bertz CT molecular complexity index is 965. The Kier molecular flexibility index (Phi) is 5.23. The molecule has 1 aromatic heterocycles. The molecule has 1 saturated heterocycles. The number of H-pyrrole nitrogens is 1. The first kappa shape index (κ1) is 17.8. The first-order valence-corrected chi connectivity index (χ1v) is 9.44. The molecule has 0 amide bonds. The molecular weight excluding hydrogens is 360 g/mol. The molecule has 138 valence electrons. The van der Waals surface area contributed by atoms with Gasteiger partial charge >= 0.3 is 0 Å². The maximum absolute atomic E-state index is 12.1. The number of hydrogen-bond acceptors (Lipinski definition) is 4. The highest BCUT2D eigenvalue weighted by Crippen LogP contribution is 2.20. The van der Waals surface area contributed by atoms with Gasteiger partial charge in [-0.05, 0) is 24.3 Å². The van der Waals surface area contributed by atoms with Crippen molar-refractivity contribution in [2.45, 2.75) is 6.54 Å². The van der Waals surface area contributed by atoms with Gasteiger partial charge < -0.3 is 9.88 Å². The summed E-state index contributed by atoms with van der Waals surface area (Å²) in [5.41, 5.74) is 2.71. The van der Waals surface area contributed by atoms with Crippen molar-refractivity contribution in [2.75, 3.05) is 31.1 Å². The highest BCUT2D eigenvalue weighted by atomic mass is 35.5. The number of nitrogens with one attached hydrogen (secondary N) is 1. The highest BCUT2D eigenvalue weighted by molar-refractivity contribution is 6.30. The van der Waals surface area contributed by atoms with Crippen LogP contribution >= 0.6 is 11.6 Å². The fourth-order valence-electron chi connectivity index (χ4n) is 3.39. The maximum Gasteiger partial charge on any atom is 0.251 e. The quantitative estimate of drug-likeness (QED) is 0.753. The minimum Gasteiger partial charge on any atom is -0.369 e. The standard InChI is InChI=1S/C21H21ClN4O/c22-17-6-4-5-16(13-17)21-23-18(14-20(27)24-21)15-25-9-11-26(12-10-25)19-7-2-1-3-8-19/h1-8,13-14H,9-12,15H2,(H,23,24,27). The predicted molar refractivity (Wildman–Crippen MR) is 109 cm³/mol. The Morgan fingerprint density at radius 2 is 1.74 bits per heavy atom. The van der Waals surface area contributed by atoms with E-state index in [2.05, 4.69) is 44.0 Å². The Balaban J connectivity index is 1.45. The number of para-hydroxylation sites is 1. The zero-order valence-electron chi connectivity index (χ0n) is 14.9. The number of hydrogen-bond donors (Lipinski definition) is 1. The van der Waals surface area contributed by atoms with Gasteiger partial charge in [-0.25, -0.2) is 4.98 Å². The number of halogens is 1. The Hall–Kier alpha value is -2.63. The van der Waals surface area contributed by atoms with E-state index in [4.69, 9.17) is 11.6 Å². The molecule has 1 aliphatic heterocycles. The summed E-state index contributed by atoms with van der Waals surface area (Å²) in [6.07, 6.45) is 0. The van der Waals surface area contributed by atoms with Crippen molar-refractivity contribution in [3.05, 3.63) is 81.7 Å². The van der Waals surface area contributed by atoms with Crippen LogP contribution in [-0.2, 0) is 6.54 Å². The average molecular weight is 381 g/mol. The van der Waals surface area contributed by atoms with Crippen LogP contribution in [0.3, 0.4) is 0 Å². The van der Waals surface area contributed by atoms with Gasteiger partial charge in [0, 0.05) is 55.1 Å². The summed E-state index contributed by atoms with van der Waals surface area (Å²) >= 11 is 6.06. The Morgan fingerprint density at radius 3 is 2.48 bits per heavy atom. The fraction of sp³-hybridized carbons (Fsp3) is 0.238. The second-order valence-corrected chi connectivity index (χ2v) is 7.13. The second-order valence-electron chi connectivity index (χ2n) is 6.69. The van der Waals surface area contributed by atoms with Crippen LogP contribution in [0.25, 0.3) is 11.4 Å². The van der Waals surface area contributed by atoms with Crippen molar-refractivity contribution in [2.24, 2.45) is 0 Å². The van der Waals surface area contributed by atoms with Crippen LogP contribution in [0.5, 0.6) is 0 Å². The van der Waals surface area contributed by atoms with Crippen LogP contribution in [0.2, 0.25) is 5.02 Å². The minimum atomic E-state index is -0.141. The monoisotopic (exact) mass is 380 g/mol. The molecule has 1 fully saturated rings. The minimum absolute atomic E-state index is 0.141. The number of rotatable bonds is 4. The smallest absolute Gasteiger partial charge is 0.251 e. The summed E-state index contributed by atoms with van der Waals surface area (Å²) in [6, 6.07) is 19.4. The molecule has 1 aliphatic rings. The lowest BCUT2D eigenvalue weighted by Gasteiger charge is -2.35. The molecule has 0 spiro atoms. The van der Waals surface area contributed by atoms with Crippen molar-refractivity contribution < 1.29 is 0 Å². The molecule has 4 rings (SSSR count). The molecule has 0 aliphatic carbocycles. The van der Waals surface area contributed by atoms with Gasteiger partial charge in [0.25, 0.3) is 5.56 Å². The first-order chi connectivity index (χ1) is 13.2. The van der Waals surface area contributed by atoms with Crippen molar-refractivity contribution in [1.29, 1.82) is 0 Å². The maximum atomic E-state index is 12.1. The fourth-order valence-corrected chi connectivity index (χ4v) is 3.58. The van der Waals surface area contributed by atoms with Crippen LogP contribution in [-0.4, -0.2) is 41.0 Å². The molecule has 2 heterocycles. The van der Waals surface area contributed by atoms with Gasteiger partial charge in [-0.2, -0.15) is 0 Å². The molecular formula is C21H21ClN4O. The summed E-state index contributed by atoms with van der Waals surface area (Å²) in [7, 11) is 0. The molecule has 0 unspecified atom stereocenters. The second kappa shape index (κ2) is 7.94. The summed E-state index contributed by atoms with van der Waals surface area (Å²) in [4.78, 5) is 24.3. The first-order valence-electron chi connectivity index (χ1n) is 9.06. The third-order valence-electron chi connectivity index (χ3n) is 4.77. The van der Waals surface area contributed by atoms with Gasteiger partial charge in [0.05, 0.1) is 5.69 Å². The van der Waals surface area contributed by atoms with Crippen molar-refractivity contribution in [3.63, 3.8) is 0 Å². The highest BCUT2D eigenvalue weighted by Gasteiger charge is 2.18. The molecule has 0 bridgehead atoms. The third-order valence-corrected chi connectivity index (χ3v) is 5.01. The molecule has 1 N–H and O–H groups in total. The van der Waals surface area contributed by atoms with Gasteiger partial charge in [-0.15, -0.1) is 0 Å². The van der Waals surface area contributed by atoms with Crippen LogP contribution in [0, 0.1) is 0 Å². The summed E-state index contributed by atoms with van der Waals surface area (Å²) in [5, 5.41) is 0.623. The summed E-state index contributed by atoms with van der Waals surface area (Å²) in [6.45, 7) is 4.48. The van der Waals surface area contributed by atoms with Crippen molar-refractivity contribution in [1.82, 2.24) is 14.9 Å². The van der Waals surface area contributed by atoms with Gasteiger partial charge in [-0.1, -0.05) is 41.9 Å². The Labute approximate surface area is 163 Å². The van der Waals surface area contributed by atoms with E-state index in [1.165, 1.54) is 5.69 Å². The van der Waals surface area contributed by atoms with Gasteiger partial charge in [0.2, 0.25) is 0 Å². The van der Waals surface area contributed by atoms with Crippen molar-refractivity contribution >= 4 is 17.3 Å². The van der Waals surface area contributed by atoms with E-state index in [1.54, 1.807) is 12.1 Å². The normalized spacial score (nSPS) is 15.1. The molecule has 3 aromatic rings. The molecule has 0 atom stereocenters. The lowest BCUT2D eigenvalue weighted by molar-refractivity contribution is 0.247. The predicted octanol–water partition coefficient (Wildman–Crippen LogP) is 3.41. The van der Waals surface area contributed by atoms with E-state index in [0.29, 0.717) is 17.4 Å². The Morgan fingerprint density at radius 1 is 0.963 bits per heavy atom. The number of anilines is 1. The molecule has 2 aromatic carbocycles. The summed E-state index contributed by atoms with van der Waals surface area (Å²) in [5.74, 6) is 0.558. The zero-order valence-corrected chi connectivity index (χ0v) is 15.7. The van der Waals surface area contributed by atoms with E-state index in [0.717, 1.165) is 37.4 Å². The lowest BCUT2D eigenvalue weighted by Crippen LogP contribution is -2.46. The number of benzene rings is 2. The molecule has 0 radical (unpaired) electrons. The number of aromatic nitrogens is 2. The number of piperazine rings is 1. The van der Waals surface area contributed by atoms with Gasteiger partial charge in [0.15, 0.2) is 0 Å². The van der Waals surface area contributed by atoms with E-state index in [-0.39, 0.29) is 5.56 Å². The van der Waals surface area contributed by atoms with Crippen LogP contribution in [0.1, 0.15) is 5.69 Å². The topological polar surface area (TPSA) is 52.2 Å².